The highest BCUT2D eigenvalue weighted by Crippen LogP contribution is 2.28. The standard InChI is InChI=1S/C14H15N3O3/c18-12(8-10-13(19)15-16-14(10)20)17-7-3-5-9-4-1-2-6-11(9)17/h1-2,4,6,10H,3,5,7-8H2,(H,15,19)(H,16,20). The van der Waals surface area contributed by atoms with Crippen molar-refractivity contribution in [2.45, 2.75) is 19.3 Å². The number of aryl methyl sites for hydroxylation is 1. The maximum Gasteiger partial charge on any atom is 0.251 e. The van der Waals surface area contributed by atoms with Crippen LogP contribution in [0.3, 0.4) is 0 Å². The lowest BCUT2D eigenvalue weighted by molar-refractivity contribution is -0.132. The summed E-state index contributed by atoms with van der Waals surface area (Å²) in [5.41, 5.74) is 6.50. The fraction of sp³-hybridized carbons (Fsp3) is 0.357. The van der Waals surface area contributed by atoms with Crippen molar-refractivity contribution in [1.82, 2.24) is 10.9 Å². The van der Waals surface area contributed by atoms with Gasteiger partial charge in [-0.3, -0.25) is 25.2 Å². The van der Waals surface area contributed by atoms with Crippen LogP contribution in [0.5, 0.6) is 0 Å². The Morgan fingerprint density at radius 1 is 1.20 bits per heavy atom. The van der Waals surface area contributed by atoms with Crippen LogP contribution in [0.15, 0.2) is 24.3 Å². The van der Waals surface area contributed by atoms with Crippen molar-refractivity contribution in [2.75, 3.05) is 11.4 Å². The Morgan fingerprint density at radius 2 is 1.90 bits per heavy atom. The summed E-state index contributed by atoms with van der Waals surface area (Å²) in [5, 5.41) is 0. The normalized spacial score (nSPS) is 18.5. The van der Waals surface area contributed by atoms with Crippen LogP contribution in [-0.2, 0) is 20.8 Å². The molecule has 6 heteroatoms. The Kier molecular flexibility index (Phi) is 3.14. The first kappa shape index (κ1) is 12.7. The molecule has 3 rings (SSSR count). The van der Waals surface area contributed by atoms with Gasteiger partial charge in [-0.25, -0.2) is 0 Å². The molecular weight excluding hydrogens is 258 g/mol. The van der Waals surface area contributed by atoms with Crippen molar-refractivity contribution in [3.63, 3.8) is 0 Å². The lowest BCUT2D eigenvalue weighted by Crippen LogP contribution is -2.38. The Bertz CT molecular complexity index is 569. The summed E-state index contributed by atoms with van der Waals surface area (Å²) in [6, 6.07) is 7.75. The van der Waals surface area contributed by atoms with Crippen LogP contribution in [0.1, 0.15) is 18.4 Å². The van der Waals surface area contributed by atoms with Gasteiger partial charge in [0, 0.05) is 18.7 Å². The minimum absolute atomic E-state index is 0.0913. The topological polar surface area (TPSA) is 78.5 Å². The molecule has 104 valence electrons. The number of nitrogens with zero attached hydrogens (tertiary/aromatic N) is 1. The van der Waals surface area contributed by atoms with E-state index in [9.17, 15) is 14.4 Å². The molecule has 0 saturated carbocycles. The molecule has 2 aliphatic heterocycles. The average Bonchev–Trinajstić information content (AvgIpc) is 2.78. The number of hydrazine groups is 1. The molecule has 0 spiro atoms. The molecule has 2 aliphatic rings. The van der Waals surface area contributed by atoms with E-state index < -0.39 is 17.7 Å². The van der Waals surface area contributed by atoms with Gasteiger partial charge in [-0.15, -0.1) is 0 Å². The van der Waals surface area contributed by atoms with Gasteiger partial charge in [0.2, 0.25) is 5.91 Å². The summed E-state index contributed by atoms with van der Waals surface area (Å²) < 4.78 is 0. The van der Waals surface area contributed by atoms with Gasteiger partial charge in [0.05, 0.1) is 0 Å². The maximum atomic E-state index is 12.4. The Balaban J connectivity index is 1.79. The van der Waals surface area contributed by atoms with E-state index in [0.717, 1.165) is 24.1 Å². The first-order chi connectivity index (χ1) is 9.66. The summed E-state index contributed by atoms with van der Waals surface area (Å²) in [6.45, 7) is 0.631. The predicted octanol–water partition coefficient (Wildman–Crippen LogP) is 0.133. The first-order valence-electron chi connectivity index (χ1n) is 6.65. The number of amides is 3. The highest BCUT2D eigenvalue weighted by molar-refractivity contribution is 6.09. The summed E-state index contributed by atoms with van der Waals surface area (Å²) in [7, 11) is 0. The molecule has 1 aromatic carbocycles. The number of benzene rings is 1. The summed E-state index contributed by atoms with van der Waals surface area (Å²) >= 11 is 0. The van der Waals surface area contributed by atoms with Crippen LogP contribution in [0.25, 0.3) is 0 Å². The minimum Gasteiger partial charge on any atom is -0.312 e. The minimum atomic E-state index is -0.920. The Morgan fingerprint density at radius 3 is 2.65 bits per heavy atom. The summed E-state index contributed by atoms with van der Waals surface area (Å²) in [4.78, 5) is 37.0. The Hall–Kier alpha value is -2.37. The molecule has 20 heavy (non-hydrogen) atoms. The molecule has 0 radical (unpaired) electrons. The van der Waals surface area contributed by atoms with Gasteiger partial charge >= 0.3 is 0 Å². The molecule has 2 N–H and O–H groups in total. The third-order valence-corrected chi connectivity index (χ3v) is 3.73. The smallest absolute Gasteiger partial charge is 0.251 e. The van der Waals surface area contributed by atoms with Crippen LogP contribution in [0.4, 0.5) is 5.69 Å². The first-order valence-corrected chi connectivity index (χ1v) is 6.65. The summed E-state index contributed by atoms with van der Waals surface area (Å²) in [6.07, 6.45) is 1.75. The second-order valence-electron chi connectivity index (χ2n) is 5.01. The molecule has 0 atom stereocenters. The van der Waals surface area contributed by atoms with Gasteiger partial charge in [0.15, 0.2) is 0 Å². The van der Waals surface area contributed by atoms with E-state index in [-0.39, 0.29) is 12.3 Å². The van der Waals surface area contributed by atoms with Crippen molar-refractivity contribution in [1.29, 1.82) is 0 Å². The van der Waals surface area contributed by atoms with E-state index in [1.165, 1.54) is 0 Å². The molecule has 0 bridgehead atoms. The molecule has 1 saturated heterocycles. The molecule has 1 fully saturated rings. The number of carbonyl (C=O) groups excluding carboxylic acids is 3. The molecule has 0 aliphatic carbocycles. The second-order valence-corrected chi connectivity index (χ2v) is 5.01. The third kappa shape index (κ3) is 2.13. The van der Waals surface area contributed by atoms with E-state index in [1.807, 2.05) is 24.3 Å². The fourth-order valence-electron chi connectivity index (χ4n) is 2.68. The van der Waals surface area contributed by atoms with Gasteiger partial charge in [0.1, 0.15) is 5.92 Å². The van der Waals surface area contributed by atoms with E-state index >= 15 is 0 Å². The lowest BCUT2D eigenvalue weighted by Gasteiger charge is -2.29. The van der Waals surface area contributed by atoms with Crippen LogP contribution in [-0.4, -0.2) is 24.3 Å². The number of hydrogen-bond donors (Lipinski definition) is 2. The van der Waals surface area contributed by atoms with Crippen molar-refractivity contribution in [3.05, 3.63) is 29.8 Å². The molecule has 0 unspecified atom stereocenters. The fourth-order valence-corrected chi connectivity index (χ4v) is 2.68. The zero-order valence-corrected chi connectivity index (χ0v) is 10.9. The number of fused-ring (bicyclic) bond motifs is 1. The van der Waals surface area contributed by atoms with Crippen LogP contribution < -0.4 is 15.8 Å². The SMILES string of the molecule is O=C1NNC(=O)C1CC(=O)N1CCCc2ccccc21. The van der Waals surface area contributed by atoms with E-state index in [0.29, 0.717) is 6.54 Å². The lowest BCUT2D eigenvalue weighted by atomic mass is 9.99. The van der Waals surface area contributed by atoms with Crippen LogP contribution in [0.2, 0.25) is 0 Å². The number of hydrogen-bond acceptors (Lipinski definition) is 3. The van der Waals surface area contributed by atoms with Crippen molar-refractivity contribution >= 4 is 23.4 Å². The van der Waals surface area contributed by atoms with Gasteiger partial charge in [-0.05, 0) is 24.5 Å². The van der Waals surface area contributed by atoms with Gasteiger partial charge in [-0.2, -0.15) is 0 Å². The third-order valence-electron chi connectivity index (χ3n) is 3.73. The molecule has 2 heterocycles. The molecule has 6 nitrogen and oxygen atoms in total. The van der Waals surface area contributed by atoms with Crippen LogP contribution >= 0.6 is 0 Å². The highest BCUT2D eigenvalue weighted by atomic mass is 16.2. The van der Waals surface area contributed by atoms with Gasteiger partial charge < -0.3 is 4.90 Å². The summed E-state index contributed by atoms with van der Waals surface area (Å²) in [5.74, 6) is -1.98. The molecule has 1 aromatic rings. The molecule has 3 amide bonds. The maximum absolute atomic E-state index is 12.4. The zero-order chi connectivity index (χ0) is 14.1. The van der Waals surface area contributed by atoms with Crippen molar-refractivity contribution in [3.8, 4) is 0 Å². The largest absolute Gasteiger partial charge is 0.312 e. The average molecular weight is 273 g/mol. The Labute approximate surface area is 116 Å². The number of anilines is 1. The molecular formula is C14H15N3O3. The van der Waals surface area contributed by atoms with E-state index in [1.54, 1.807) is 4.90 Å². The zero-order valence-electron chi connectivity index (χ0n) is 10.9. The quantitative estimate of drug-likeness (QED) is 0.752. The van der Waals surface area contributed by atoms with Crippen molar-refractivity contribution in [2.24, 2.45) is 5.92 Å². The molecule has 0 aromatic heterocycles. The van der Waals surface area contributed by atoms with Gasteiger partial charge in [-0.1, -0.05) is 18.2 Å². The van der Waals surface area contributed by atoms with Crippen LogP contribution in [0, 0.1) is 5.92 Å². The second kappa shape index (κ2) is 4.96. The highest BCUT2D eigenvalue weighted by Gasteiger charge is 2.36. The number of carbonyl (C=O) groups is 3. The monoisotopic (exact) mass is 273 g/mol. The van der Waals surface area contributed by atoms with Gasteiger partial charge in [0.25, 0.3) is 11.8 Å². The number of para-hydroxylation sites is 1. The van der Waals surface area contributed by atoms with Crippen molar-refractivity contribution < 1.29 is 14.4 Å². The van der Waals surface area contributed by atoms with E-state index in [2.05, 4.69) is 10.9 Å². The predicted molar refractivity (Wildman–Crippen MR) is 71.5 cm³/mol. The number of rotatable bonds is 2. The van der Waals surface area contributed by atoms with E-state index in [4.69, 9.17) is 0 Å². The number of nitrogens with one attached hydrogen (secondary N) is 2.